The number of pyridine rings is 1. The van der Waals surface area contributed by atoms with E-state index in [9.17, 15) is 9.59 Å². The fraction of sp³-hybridized carbons (Fsp3) is 0.462. The van der Waals surface area contributed by atoms with Crippen molar-refractivity contribution in [1.29, 1.82) is 0 Å². The average Bonchev–Trinajstić information content (AvgIpc) is 2.45. The van der Waals surface area contributed by atoms with E-state index in [1.54, 1.807) is 23.1 Å². The van der Waals surface area contributed by atoms with E-state index < -0.39 is 0 Å². The number of hydrogen-bond acceptors (Lipinski definition) is 5. The number of ether oxygens (including phenoxy) is 2. The lowest BCUT2D eigenvalue weighted by molar-refractivity contribution is -0.142. The molecule has 1 aliphatic heterocycles. The Morgan fingerprint density at radius 1 is 1.37 bits per heavy atom. The van der Waals surface area contributed by atoms with Crippen LogP contribution in [0, 0.1) is 0 Å². The molecule has 0 unspecified atom stereocenters. The summed E-state index contributed by atoms with van der Waals surface area (Å²) in [5.74, 6) is -0.486. The first kappa shape index (κ1) is 13.5. The molecule has 1 aliphatic rings. The second-order valence-corrected chi connectivity index (χ2v) is 4.20. The van der Waals surface area contributed by atoms with Crippen molar-refractivity contribution in [3.05, 3.63) is 29.6 Å². The maximum atomic E-state index is 12.2. The third-order valence-electron chi connectivity index (χ3n) is 2.75. The quantitative estimate of drug-likeness (QED) is 0.748. The molecule has 1 aromatic rings. The second-order valence-electron chi connectivity index (χ2n) is 4.20. The van der Waals surface area contributed by atoms with Crippen molar-refractivity contribution < 1.29 is 19.1 Å². The Kier molecular flexibility index (Phi) is 4.46. The number of carbonyl (C=O) groups is 2. The standard InChI is InChI=1S/C13H16N2O4/c1-10(16)19-9-11-3-2-4-12(14-11)13(17)15-5-7-18-8-6-15/h2-4H,5-9H2,1H3. The smallest absolute Gasteiger partial charge is 0.303 e. The minimum atomic E-state index is -0.369. The zero-order chi connectivity index (χ0) is 13.7. The molecule has 0 radical (unpaired) electrons. The highest BCUT2D eigenvalue weighted by Gasteiger charge is 2.19. The normalized spacial score (nSPS) is 15.1. The summed E-state index contributed by atoms with van der Waals surface area (Å²) < 4.78 is 10.1. The molecule has 0 N–H and O–H groups in total. The van der Waals surface area contributed by atoms with Crippen LogP contribution in [0.4, 0.5) is 0 Å². The van der Waals surface area contributed by atoms with Crippen molar-refractivity contribution in [1.82, 2.24) is 9.88 Å². The first-order chi connectivity index (χ1) is 9.16. The summed E-state index contributed by atoms with van der Waals surface area (Å²) in [6.07, 6.45) is 0. The van der Waals surface area contributed by atoms with Gasteiger partial charge in [0, 0.05) is 20.0 Å². The van der Waals surface area contributed by atoms with Gasteiger partial charge in [-0.3, -0.25) is 9.59 Å². The molecule has 0 spiro atoms. The van der Waals surface area contributed by atoms with Crippen LogP contribution in [0.5, 0.6) is 0 Å². The van der Waals surface area contributed by atoms with E-state index in [4.69, 9.17) is 9.47 Å². The molecule has 0 aliphatic carbocycles. The number of esters is 1. The molecule has 1 fully saturated rings. The Labute approximate surface area is 111 Å². The van der Waals surface area contributed by atoms with Gasteiger partial charge in [0.15, 0.2) is 0 Å². The maximum Gasteiger partial charge on any atom is 0.303 e. The van der Waals surface area contributed by atoms with Gasteiger partial charge in [-0.15, -0.1) is 0 Å². The van der Waals surface area contributed by atoms with Gasteiger partial charge in [-0.2, -0.15) is 0 Å². The number of morpholine rings is 1. The van der Waals surface area contributed by atoms with Crippen LogP contribution in [0.1, 0.15) is 23.1 Å². The maximum absolute atomic E-state index is 12.2. The molecule has 102 valence electrons. The van der Waals surface area contributed by atoms with Crippen molar-refractivity contribution in [3.63, 3.8) is 0 Å². The highest BCUT2D eigenvalue weighted by Crippen LogP contribution is 2.07. The highest BCUT2D eigenvalue weighted by molar-refractivity contribution is 5.92. The molecule has 1 amide bonds. The summed E-state index contributed by atoms with van der Waals surface area (Å²) in [4.78, 5) is 28.9. The van der Waals surface area contributed by atoms with Gasteiger partial charge < -0.3 is 14.4 Å². The van der Waals surface area contributed by atoms with Gasteiger partial charge in [-0.05, 0) is 12.1 Å². The summed E-state index contributed by atoms with van der Waals surface area (Å²) in [5.41, 5.74) is 0.931. The molecular weight excluding hydrogens is 248 g/mol. The number of carbonyl (C=O) groups excluding carboxylic acids is 2. The van der Waals surface area contributed by atoms with E-state index in [0.717, 1.165) is 0 Å². The van der Waals surface area contributed by atoms with Crippen LogP contribution in [0.2, 0.25) is 0 Å². The van der Waals surface area contributed by atoms with Crippen LogP contribution in [0.3, 0.4) is 0 Å². The molecule has 0 aromatic carbocycles. The molecule has 0 atom stereocenters. The minimum Gasteiger partial charge on any atom is -0.459 e. The van der Waals surface area contributed by atoms with Gasteiger partial charge in [0.25, 0.3) is 5.91 Å². The van der Waals surface area contributed by atoms with E-state index in [1.807, 2.05) is 0 Å². The lowest BCUT2D eigenvalue weighted by Gasteiger charge is -2.26. The summed E-state index contributed by atoms with van der Waals surface area (Å²) in [6.45, 7) is 3.68. The molecule has 1 aromatic heterocycles. The topological polar surface area (TPSA) is 68.7 Å². The predicted octanol–water partition coefficient (Wildman–Crippen LogP) is 0.617. The van der Waals surface area contributed by atoms with Crippen molar-refractivity contribution in [2.75, 3.05) is 26.3 Å². The third-order valence-corrected chi connectivity index (χ3v) is 2.75. The molecule has 6 nitrogen and oxygen atoms in total. The number of nitrogens with zero attached hydrogens (tertiary/aromatic N) is 2. The van der Waals surface area contributed by atoms with E-state index >= 15 is 0 Å². The first-order valence-corrected chi connectivity index (χ1v) is 6.13. The van der Waals surface area contributed by atoms with E-state index in [0.29, 0.717) is 37.7 Å². The fourth-order valence-corrected chi connectivity index (χ4v) is 1.78. The molecule has 0 bridgehead atoms. The van der Waals surface area contributed by atoms with Gasteiger partial charge in [-0.1, -0.05) is 6.07 Å². The Balaban J connectivity index is 2.04. The Morgan fingerprint density at radius 2 is 2.11 bits per heavy atom. The van der Waals surface area contributed by atoms with Gasteiger partial charge in [0.05, 0.1) is 18.9 Å². The molecule has 0 saturated carbocycles. The highest BCUT2D eigenvalue weighted by atomic mass is 16.5. The van der Waals surface area contributed by atoms with E-state index in [2.05, 4.69) is 4.98 Å². The Bertz CT molecular complexity index is 469. The number of rotatable bonds is 3. The van der Waals surface area contributed by atoms with Crippen molar-refractivity contribution in [2.45, 2.75) is 13.5 Å². The van der Waals surface area contributed by atoms with Crippen LogP contribution in [0.15, 0.2) is 18.2 Å². The first-order valence-electron chi connectivity index (χ1n) is 6.13. The molecule has 6 heteroatoms. The minimum absolute atomic E-state index is 0.0829. The van der Waals surface area contributed by atoms with Crippen molar-refractivity contribution >= 4 is 11.9 Å². The largest absolute Gasteiger partial charge is 0.459 e. The lowest BCUT2D eigenvalue weighted by atomic mass is 10.2. The fourth-order valence-electron chi connectivity index (χ4n) is 1.78. The predicted molar refractivity (Wildman–Crippen MR) is 66.4 cm³/mol. The van der Waals surface area contributed by atoms with Crippen LogP contribution in [-0.4, -0.2) is 48.1 Å². The molecule has 1 saturated heterocycles. The van der Waals surface area contributed by atoms with Crippen molar-refractivity contribution in [2.24, 2.45) is 0 Å². The summed E-state index contributed by atoms with van der Waals surface area (Å²) in [7, 11) is 0. The zero-order valence-electron chi connectivity index (χ0n) is 10.8. The molecular formula is C13H16N2O4. The second kappa shape index (κ2) is 6.29. The van der Waals surface area contributed by atoms with Crippen LogP contribution < -0.4 is 0 Å². The van der Waals surface area contributed by atoms with Gasteiger partial charge in [-0.25, -0.2) is 4.98 Å². The SMILES string of the molecule is CC(=O)OCc1cccc(C(=O)N2CCOCC2)n1. The molecule has 2 rings (SSSR count). The van der Waals surface area contributed by atoms with E-state index in [-0.39, 0.29) is 18.5 Å². The monoisotopic (exact) mass is 264 g/mol. The van der Waals surface area contributed by atoms with Gasteiger partial charge in [0.2, 0.25) is 0 Å². The van der Waals surface area contributed by atoms with Gasteiger partial charge >= 0.3 is 5.97 Å². The van der Waals surface area contributed by atoms with Crippen LogP contribution in [-0.2, 0) is 20.9 Å². The third kappa shape index (κ3) is 3.75. The number of amides is 1. The zero-order valence-corrected chi connectivity index (χ0v) is 10.8. The lowest BCUT2D eigenvalue weighted by Crippen LogP contribution is -2.41. The molecule has 19 heavy (non-hydrogen) atoms. The summed E-state index contributed by atoms with van der Waals surface area (Å²) in [5, 5.41) is 0. The Hall–Kier alpha value is -1.95. The average molecular weight is 264 g/mol. The van der Waals surface area contributed by atoms with Crippen LogP contribution >= 0.6 is 0 Å². The van der Waals surface area contributed by atoms with Crippen molar-refractivity contribution in [3.8, 4) is 0 Å². The van der Waals surface area contributed by atoms with Crippen LogP contribution in [0.25, 0.3) is 0 Å². The Morgan fingerprint density at radius 3 is 2.79 bits per heavy atom. The van der Waals surface area contributed by atoms with Gasteiger partial charge in [0.1, 0.15) is 12.3 Å². The summed E-state index contributed by atoms with van der Waals surface area (Å²) in [6, 6.07) is 5.12. The number of aromatic nitrogens is 1. The summed E-state index contributed by atoms with van der Waals surface area (Å²) >= 11 is 0. The molecule has 2 heterocycles. The van der Waals surface area contributed by atoms with E-state index in [1.165, 1.54) is 6.92 Å². The number of hydrogen-bond donors (Lipinski definition) is 0.